The highest BCUT2D eigenvalue weighted by Gasteiger charge is 2.19. The van der Waals surface area contributed by atoms with Gasteiger partial charge in [-0.25, -0.2) is 0 Å². The molecule has 5 heteroatoms. The number of benzene rings is 2. The van der Waals surface area contributed by atoms with Gasteiger partial charge >= 0.3 is 0 Å². The predicted octanol–water partition coefficient (Wildman–Crippen LogP) is 4.90. The molecule has 3 aromatic rings. The summed E-state index contributed by atoms with van der Waals surface area (Å²) in [6, 6.07) is 14.8. The van der Waals surface area contributed by atoms with Crippen molar-refractivity contribution in [1.29, 1.82) is 0 Å². The maximum atomic E-state index is 6.21. The summed E-state index contributed by atoms with van der Waals surface area (Å²) in [5.74, 6) is 0.238. The van der Waals surface area contributed by atoms with Crippen molar-refractivity contribution in [3.05, 3.63) is 58.6 Å². The Hall–Kier alpha value is -1.97. The summed E-state index contributed by atoms with van der Waals surface area (Å²) < 4.78 is 5.13. The van der Waals surface area contributed by atoms with Crippen LogP contribution in [0.4, 0.5) is 5.88 Å². The highest BCUT2D eigenvalue weighted by atomic mass is 35.5. The van der Waals surface area contributed by atoms with Crippen LogP contribution in [0.5, 0.6) is 0 Å². The van der Waals surface area contributed by atoms with Crippen molar-refractivity contribution in [2.75, 3.05) is 5.73 Å². The first-order valence-electron chi connectivity index (χ1n) is 5.93. The summed E-state index contributed by atoms with van der Waals surface area (Å²) in [6.07, 6.45) is 0. The van der Waals surface area contributed by atoms with E-state index in [0.29, 0.717) is 21.3 Å². The molecule has 0 saturated carbocycles. The predicted molar refractivity (Wildman–Crippen MR) is 81.8 cm³/mol. The van der Waals surface area contributed by atoms with Crippen molar-refractivity contribution in [3.63, 3.8) is 0 Å². The van der Waals surface area contributed by atoms with Gasteiger partial charge in [-0.3, -0.25) is 0 Å². The van der Waals surface area contributed by atoms with Crippen molar-refractivity contribution < 1.29 is 4.52 Å². The average molecular weight is 305 g/mol. The van der Waals surface area contributed by atoms with Gasteiger partial charge < -0.3 is 10.3 Å². The first kappa shape index (κ1) is 13.0. The molecule has 0 spiro atoms. The van der Waals surface area contributed by atoms with Gasteiger partial charge in [0.25, 0.3) is 0 Å². The minimum absolute atomic E-state index is 0.238. The third-order valence-electron chi connectivity index (χ3n) is 2.96. The molecule has 0 saturated heterocycles. The minimum Gasteiger partial charge on any atom is -0.367 e. The van der Waals surface area contributed by atoms with E-state index in [1.54, 1.807) is 12.1 Å². The van der Waals surface area contributed by atoms with Gasteiger partial charge in [-0.15, -0.1) is 0 Å². The maximum Gasteiger partial charge on any atom is 0.230 e. The number of aromatic nitrogens is 1. The number of hydrogen-bond donors (Lipinski definition) is 1. The minimum atomic E-state index is 0.238. The molecule has 1 aromatic heterocycles. The van der Waals surface area contributed by atoms with Crippen molar-refractivity contribution in [2.24, 2.45) is 0 Å². The van der Waals surface area contributed by atoms with E-state index >= 15 is 0 Å². The highest BCUT2D eigenvalue weighted by Crippen LogP contribution is 2.39. The number of nitrogen functional groups attached to an aromatic ring is 1. The molecule has 0 fully saturated rings. The number of rotatable bonds is 2. The Bertz CT molecular complexity index is 768. The zero-order valence-corrected chi connectivity index (χ0v) is 11.8. The Morgan fingerprint density at radius 1 is 1.00 bits per heavy atom. The molecule has 3 rings (SSSR count). The topological polar surface area (TPSA) is 52.0 Å². The molecule has 20 heavy (non-hydrogen) atoms. The standard InChI is InChI=1S/C15H10Cl2N2O/c16-10-5-3-4-9(8-10)13-14(19-20-15(13)18)11-6-1-2-7-12(11)17/h1-8H,18H2. The van der Waals surface area contributed by atoms with Crippen LogP contribution in [0.1, 0.15) is 0 Å². The van der Waals surface area contributed by atoms with E-state index in [4.69, 9.17) is 33.5 Å². The van der Waals surface area contributed by atoms with Crippen LogP contribution >= 0.6 is 23.2 Å². The molecule has 2 aromatic carbocycles. The van der Waals surface area contributed by atoms with E-state index in [1.807, 2.05) is 36.4 Å². The van der Waals surface area contributed by atoms with Gasteiger partial charge in [-0.2, -0.15) is 0 Å². The molecule has 0 aliphatic carbocycles. The molecule has 0 unspecified atom stereocenters. The molecule has 3 nitrogen and oxygen atoms in total. The summed E-state index contributed by atoms with van der Waals surface area (Å²) in [4.78, 5) is 0. The second-order valence-electron chi connectivity index (χ2n) is 4.26. The van der Waals surface area contributed by atoms with Crippen LogP contribution in [0.15, 0.2) is 53.1 Å². The smallest absolute Gasteiger partial charge is 0.230 e. The van der Waals surface area contributed by atoms with Crippen LogP contribution in [0.25, 0.3) is 22.4 Å². The van der Waals surface area contributed by atoms with E-state index in [1.165, 1.54) is 0 Å². The van der Waals surface area contributed by atoms with Crippen LogP contribution in [0.2, 0.25) is 10.0 Å². The fourth-order valence-corrected chi connectivity index (χ4v) is 2.48. The lowest BCUT2D eigenvalue weighted by molar-refractivity contribution is 0.439. The Morgan fingerprint density at radius 3 is 2.55 bits per heavy atom. The van der Waals surface area contributed by atoms with E-state index in [-0.39, 0.29) is 5.88 Å². The zero-order chi connectivity index (χ0) is 14.1. The number of halogens is 2. The lowest BCUT2D eigenvalue weighted by Gasteiger charge is -2.04. The Labute approximate surface area is 125 Å². The summed E-state index contributed by atoms with van der Waals surface area (Å²) >= 11 is 12.2. The van der Waals surface area contributed by atoms with E-state index in [9.17, 15) is 0 Å². The van der Waals surface area contributed by atoms with Gasteiger partial charge in [0.2, 0.25) is 5.88 Å². The molecule has 0 atom stereocenters. The summed E-state index contributed by atoms with van der Waals surface area (Å²) in [5, 5.41) is 5.23. The molecule has 0 aliphatic heterocycles. The van der Waals surface area contributed by atoms with Crippen LogP contribution in [0.3, 0.4) is 0 Å². The van der Waals surface area contributed by atoms with Crippen LogP contribution in [-0.4, -0.2) is 5.16 Å². The van der Waals surface area contributed by atoms with Gasteiger partial charge in [-0.1, -0.05) is 58.7 Å². The number of hydrogen-bond acceptors (Lipinski definition) is 3. The van der Waals surface area contributed by atoms with Crippen molar-refractivity contribution in [3.8, 4) is 22.4 Å². The van der Waals surface area contributed by atoms with E-state index in [0.717, 1.165) is 11.1 Å². The summed E-state index contributed by atoms with van der Waals surface area (Å²) in [7, 11) is 0. The molecule has 0 bridgehead atoms. The number of nitrogens with two attached hydrogens (primary N) is 1. The SMILES string of the molecule is Nc1onc(-c2ccccc2Cl)c1-c1cccc(Cl)c1. The van der Waals surface area contributed by atoms with Gasteiger partial charge in [-0.05, 0) is 23.8 Å². The fraction of sp³-hybridized carbons (Fsp3) is 0. The second-order valence-corrected chi connectivity index (χ2v) is 5.10. The highest BCUT2D eigenvalue weighted by molar-refractivity contribution is 6.33. The molecule has 1 heterocycles. The first-order chi connectivity index (χ1) is 9.66. The molecular formula is C15H10Cl2N2O. The molecule has 0 aliphatic rings. The van der Waals surface area contributed by atoms with Gasteiger partial charge in [0, 0.05) is 10.6 Å². The normalized spacial score (nSPS) is 10.7. The van der Waals surface area contributed by atoms with Crippen molar-refractivity contribution in [1.82, 2.24) is 5.16 Å². The Balaban J connectivity index is 2.23. The quantitative estimate of drug-likeness (QED) is 0.732. The lowest BCUT2D eigenvalue weighted by Crippen LogP contribution is -1.88. The molecule has 2 N–H and O–H groups in total. The lowest BCUT2D eigenvalue weighted by atomic mass is 10.0. The summed E-state index contributed by atoms with van der Waals surface area (Å²) in [5.41, 5.74) is 8.80. The Kier molecular flexibility index (Phi) is 3.38. The fourth-order valence-electron chi connectivity index (χ4n) is 2.06. The van der Waals surface area contributed by atoms with Crippen LogP contribution < -0.4 is 5.73 Å². The molecule has 100 valence electrons. The zero-order valence-electron chi connectivity index (χ0n) is 10.3. The maximum absolute atomic E-state index is 6.21. The average Bonchev–Trinajstić information content (AvgIpc) is 2.81. The van der Waals surface area contributed by atoms with Crippen LogP contribution in [0, 0.1) is 0 Å². The first-order valence-corrected chi connectivity index (χ1v) is 6.68. The monoisotopic (exact) mass is 304 g/mol. The van der Waals surface area contributed by atoms with Crippen molar-refractivity contribution >= 4 is 29.1 Å². The van der Waals surface area contributed by atoms with Crippen molar-refractivity contribution in [2.45, 2.75) is 0 Å². The van der Waals surface area contributed by atoms with E-state index < -0.39 is 0 Å². The van der Waals surface area contributed by atoms with E-state index in [2.05, 4.69) is 5.16 Å². The largest absolute Gasteiger partial charge is 0.367 e. The Morgan fingerprint density at radius 2 is 1.80 bits per heavy atom. The third kappa shape index (κ3) is 2.26. The second kappa shape index (κ2) is 5.19. The molecule has 0 amide bonds. The van der Waals surface area contributed by atoms with Crippen LogP contribution in [-0.2, 0) is 0 Å². The molecule has 0 radical (unpaired) electrons. The molecular weight excluding hydrogens is 295 g/mol. The number of nitrogens with zero attached hydrogens (tertiary/aromatic N) is 1. The number of anilines is 1. The van der Waals surface area contributed by atoms with Gasteiger partial charge in [0.05, 0.1) is 10.6 Å². The summed E-state index contributed by atoms with van der Waals surface area (Å²) in [6.45, 7) is 0. The van der Waals surface area contributed by atoms with Gasteiger partial charge in [0.15, 0.2) is 0 Å². The third-order valence-corrected chi connectivity index (χ3v) is 3.53. The van der Waals surface area contributed by atoms with Gasteiger partial charge in [0.1, 0.15) is 5.69 Å².